The van der Waals surface area contributed by atoms with E-state index in [9.17, 15) is 4.79 Å². The fourth-order valence-electron chi connectivity index (χ4n) is 3.03. The zero-order chi connectivity index (χ0) is 14.3. The SMILES string of the molecule is O=C(O)c1cc(Cl)c(N2CC3(CCOCC3)C2)c(Cl)c1. The summed E-state index contributed by atoms with van der Waals surface area (Å²) in [5.41, 5.74) is 1.18. The van der Waals surface area contributed by atoms with Gasteiger partial charge in [0.05, 0.1) is 21.3 Å². The molecule has 2 saturated heterocycles. The molecule has 0 amide bonds. The molecule has 0 radical (unpaired) electrons. The van der Waals surface area contributed by atoms with Crippen LogP contribution in [0.1, 0.15) is 23.2 Å². The second-order valence-electron chi connectivity index (χ2n) is 5.56. The van der Waals surface area contributed by atoms with Gasteiger partial charge < -0.3 is 14.7 Å². The van der Waals surface area contributed by atoms with Crippen molar-refractivity contribution >= 4 is 34.9 Å². The minimum absolute atomic E-state index is 0.116. The number of aromatic carboxylic acids is 1. The fraction of sp³-hybridized carbons (Fsp3) is 0.500. The molecule has 2 fully saturated rings. The molecule has 0 unspecified atom stereocenters. The lowest BCUT2D eigenvalue weighted by atomic mass is 9.73. The molecule has 2 aliphatic heterocycles. The lowest BCUT2D eigenvalue weighted by molar-refractivity contribution is -0.000182. The number of benzene rings is 1. The first-order valence-corrected chi connectivity index (χ1v) is 7.31. The van der Waals surface area contributed by atoms with Gasteiger partial charge in [-0.25, -0.2) is 4.79 Å². The smallest absolute Gasteiger partial charge is 0.335 e. The summed E-state index contributed by atoms with van der Waals surface area (Å²) in [6, 6.07) is 2.92. The van der Waals surface area contributed by atoms with Crippen LogP contribution in [0.2, 0.25) is 10.0 Å². The van der Waals surface area contributed by atoms with Gasteiger partial charge in [-0.2, -0.15) is 0 Å². The highest BCUT2D eigenvalue weighted by atomic mass is 35.5. The van der Waals surface area contributed by atoms with Crippen molar-refractivity contribution in [2.75, 3.05) is 31.2 Å². The topological polar surface area (TPSA) is 49.8 Å². The molecule has 108 valence electrons. The standard InChI is InChI=1S/C14H15Cl2NO3/c15-10-5-9(13(18)19)6-11(16)12(10)17-7-14(8-17)1-3-20-4-2-14/h5-6H,1-4,7-8H2,(H,18,19). The van der Waals surface area contributed by atoms with Crippen LogP contribution in [0.4, 0.5) is 5.69 Å². The third kappa shape index (κ3) is 2.36. The highest BCUT2D eigenvalue weighted by Crippen LogP contribution is 2.46. The van der Waals surface area contributed by atoms with E-state index in [2.05, 4.69) is 4.90 Å². The summed E-state index contributed by atoms with van der Waals surface area (Å²) in [6.07, 6.45) is 2.12. The molecular weight excluding hydrogens is 301 g/mol. The fourth-order valence-corrected chi connectivity index (χ4v) is 3.76. The van der Waals surface area contributed by atoms with Crippen LogP contribution >= 0.6 is 23.2 Å². The Morgan fingerprint density at radius 1 is 1.20 bits per heavy atom. The average Bonchev–Trinajstić information content (AvgIpc) is 2.37. The highest BCUT2D eigenvalue weighted by Gasteiger charge is 2.44. The van der Waals surface area contributed by atoms with Crippen molar-refractivity contribution in [3.8, 4) is 0 Å². The summed E-state index contributed by atoms with van der Waals surface area (Å²) < 4.78 is 5.40. The largest absolute Gasteiger partial charge is 0.478 e. The van der Waals surface area contributed by atoms with Gasteiger partial charge >= 0.3 is 5.97 Å². The number of carbonyl (C=O) groups is 1. The number of hydrogen-bond donors (Lipinski definition) is 1. The zero-order valence-corrected chi connectivity index (χ0v) is 12.4. The van der Waals surface area contributed by atoms with E-state index in [1.165, 1.54) is 12.1 Å². The van der Waals surface area contributed by atoms with Gasteiger partial charge in [0.1, 0.15) is 0 Å². The molecule has 1 aromatic rings. The molecule has 0 aliphatic carbocycles. The Labute approximate surface area is 127 Å². The van der Waals surface area contributed by atoms with Gasteiger partial charge in [-0.1, -0.05) is 23.2 Å². The summed E-state index contributed by atoms with van der Waals surface area (Å²) in [5.74, 6) is -1.02. The first kappa shape index (κ1) is 14.0. The van der Waals surface area contributed by atoms with Crippen LogP contribution in [0.5, 0.6) is 0 Å². The highest BCUT2D eigenvalue weighted by molar-refractivity contribution is 6.39. The summed E-state index contributed by atoms with van der Waals surface area (Å²) in [6.45, 7) is 3.44. The molecule has 0 saturated carbocycles. The molecule has 2 heterocycles. The second-order valence-corrected chi connectivity index (χ2v) is 6.38. The first-order chi connectivity index (χ1) is 9.51. The molecule has 1 aromatic carbocycles. The summed E-state index contributed by atoms with van der Waals surface area (Å²) in [7, 11) is 0. The minimum atomic E-state index is -1.02. The van der Waals surface area contributed by atoms with Crippen molar-refractivity contribution in [3.05, 3.63) is 27.7 Å². The van der Waals surface area contributed by atoms with E-state index in [1.54, 1.807) is 0 Å². The Bertz CT molecular complexity index is 524. The van der Waals surface area contributed by atoms with Crippen LogP contribution in [-0.4, -0.2) is 37.4 Å². The Kier molecular flexibility index (Phi) is 3.56. The lowest BCUT2D eigenvalue weighted by Gasteiger charge is -2.53. The number of anilines is 1. The quantitative estimate of drug-likeness (QED) is 0.909. The van der Waals surface area contributed by atoms with Crippen LogP contribution < -0.4 is 4.90 Å². The van der Waals surface area contributed by atoms with E-state index in [1.807, 2.05) is 0 Å². The average molecular weight is 316 g/mol. The predicted molar refractivity (Wildman–Crippen MR) is 78.1 cm³/mol. The van der Waals surface area contributed by atoms with E-state index < -0.39 is 5.97 Å². The van der Waals surface area contributed by atoms with Gasteiger partial charge in [-0.05, 0) is 25.0 Å². The van der Waals surface area contributed by atoms with E-state index in [4.69, 9.17) is 33.0 Å². The van der Waals surface area contributed by atoms with Gasteiger partial charge in [0.15, 0.2) is 0 Å². The molecule has 3 rings (SSSR count). The Morgan fingerprint density at radius 3 is 2.25 bits per heavy atom. The van der Waals surface area contributed by atoms with Crippen LogP contribution in [0.3, 0.4) is 0 Å². The summed E-state index contributed by atoms with van der Waals surface area (Å²) in [5, 5.41) is 9.79. The van der Waals surface area contributed by atoms with Crippen LogP contribution in [0.25, 0.3) is 0 Å². The molecule has 1 spiro atoms. The zero-order valence-electron chi connectivity index (χ0n) is 10.9. The van der Waals surface area contributed by atoms with Crippen LogP contribution in [-0.2, 0) is 4.74 Å². The maximum Gasteiger partial charge on any atom is 0.335 e. The number of ether oxygens (including phenoxy) is 1. The summed E-state index contributed by atoms with van der Waals surface area (Å²) in [4.78, 5) is 13.1. The van der Waals surface area contributed by atoms with E-state index in [0.717, 1.165) is 44.8 Å². The number of carboxylic acid groups (broad SMARTS) is 1. The first-order valence-electron chi connectivity index (χ1n) is 6.56. The molecule has 20 heavy (non-hydrogen) atoms. The van der Waals surface area contributed by atoms with Crippen LogP contribution in [0, 0.1) is 5.41 Å². The Balaban J connectivity index is 1.80. The van der Waals surface area contributed by atoms with Gasteiger partial charge in [0, 0.05) is 31.7 Å². The van der Waals surface area contributed by atoms with Crippen molar-refractivity contribution in [2.45, 2.75) is 12.8 Å². The molecule has 0 aromatic heterocycles. The maximum atomic E-state index is 11.0. The lowest BCUT2D eigenvalue weighted by Crippen LogP contribution is -2.58. The van der Waals surface area contributed by atoms with E-state index in [-0.39, 0.29) is 5.56 Å². The van der Waals surface area contributed by atoms with Gasteiger partial charge in [0.25, 0.3) is 0 Å². The van der Waals surface area contributed by atoms with Gasteiger partial charge in [-0.15, -0.1) is 0 Å². The monoisotopic (exact) mass is 315 g/mol. The van der Waals surface area contributed by atoms with E-state index >= 15 is 0 Å². The minimum Gasteiger partial charge on any atom is -0.478 e. The van der Waals surface area contributed by atoms with Gasteiger partial charge in [0.2, 0.25) is 0 Å². The van der Waals surface area contributed by atoms with Crippen LogP contribution in [0.15, 0.2) is 12.1 Å². The summed E-state index contributed by atoms with van der Waals surface area (Å²) >= 11 is 12.4. The number of hydrogen-bond acceptors (Lipinski definition) is 3. The van der Waals surface area contributed by atoms with Crippen molar-refractivity contribution in [2.24, 2.45) is 5.41 Å². The molecule has 6 heteroatoms. The molecule has 4 nitrogen and oxygen atoms in total. The number of rotatable bonds is 2. The third-order valence-corrected chi connectivity index (χ3v) is 4.76. The molecule has 2 aliphatic rings. The van der Waals surface area contributed by atoms with E-state index in [0.29, 0.717) is 15.5 Å². The normalized spacial score (nSPS) is 20.8. The maximum absolute atomic E-state index is 11.0. The molecule has 0 bridgehead atoms. The number of nitrogens with zero attached hydrogens (tertiary/aromatic N) is 1. The molecular formula is C14H15Cl2NO3. The Hall–Kier alpha value is -0.970. The van der Waals surface area contributed by atoms with Crippen molar-refractivity contribution < 1.29 is 14.6 Å². The third-order valence-electron chi connectivity index (χ3n) is 4.19. The Morgan fingerprint density at radius 2 is 1.75 bits per heavy atom. The number of carboxylic acids is 1. The molecule has 1 N–H and O–H groups in total. The van der Waals surface area contributed by atoms with Crippen molar-refractivity contribution in [1.29, 1.82) is 0 Å². The second kappa shape index (κ2) is 5.10. The number of halogens is 2. The predicted octanol–water partition coefficient (Wildman–Crippen LogP) is 3.31. The molecule has 0 atom stereocenters. The van der Waals surface area contributed by atoms with Crippen molar-refractivity contribution in [1.82, 2.24) is 0 Å². The van der Waals surface area contributed by atoms with Gasteiger partial charge in [-0.3, -0.25) is 0 Å². The van der Waals surface area contributed by atoms with Crippen molar-refractivity contribution in [3.63, 3.8) is 0 Å².